The van der Waals surface area contributed by atoms with Crippen LogP contribution >= 0.6 is 7.06 Å². The van der Waals surface area contributed by atoms with Crippen molar-refractivity contribution in [1.82, 2.24) is 9.55 Å². The van der Waals surface area contributed by atoms with Crippen LogP contribution < -0.4 is 26.2 Å². The van der Waals surface area contributed by atoms with E-state index in [9.17, 15) is 4.79 Å². The fourth-order valence-corrected chi connectivity index (χ4v) is 10.8. The summed E-state index contributed by atoms with van der Waals surface area (Å²) in [5, 5.41) is 2.96. The molecular formula is C27H23N2O5P. The van der Waals surface area contributed by atoms with Crippen LogP contribution in [0.25, 0.3) is 0 Å². The first-order valence-corrected chi connectivity index (χ1v) is 13.7. The van der Waals surface area contributed by atoms with E-state index in [1.165, 1.54) is 6.07 Å². The van der Waals surface area contributed by atoms with E-state index in [1.54, 1.807) is 10.8 Å². The molecule has 0 N–H and O–H groups in total. The van der Waals surface area contributed by atoms with Crippen molar-refractivity contribution in [3.05, 3.63) is 114 Å². The van der Waals surface area contributed by atoms with E-state index >= 15 is 0 Å². The van der Waals surface area contributed by atoms with Crippen molar-refractivity contribution in [3.63, 3.8) is 0 Å². The first kappa shape index (κ1) is 21.0. The van der Waals surface area contributed by atoms with Gasteiger partial charge in [-0.1, -0.05) is 0 Å². The Morgan fingerprint density at radius 3 is 1.86 bits per heavy atom. The van der Waals surface area contributed by atoms with Gasteiger partial charge in [-0.3, -0.25) is 0 Å². The van der Waals surface area contributed by atoms with E-state index in [-0.39, 0.29) is 30.4 Å². The molecule has 3 aliphatic heterocycles. The van der Waals surface area contributed by atoms with E-state index in [4.69, 9.17) is 18.5 Å². The molecule has 3 aliphatic rings. The number of rotatable bonds is 3. The number of aromatic nitrogens is 2. The van der Waals surface area contributed by atoms with Crippen molar-refractivity contribution in [2.24, 2.45) is 0 Å². The molecule has 0 amide bonds. The van der Waals surface area contributed by atoms with E-state index in [0.717, 1.165) is 15.9 Å². The van der Waals surface area contributed by atoms with E-state index in [2.05, 4.69) is 41.4 Å². The molecule has 7 nitrogen and oxygen atoms in total. The molecule has 176 valence electrons. The zero-order chi connectivity index (χ0) is 23.5. The average molecular weight is 486 g/mol. The fourth-order valence-electron chi connectivity index (χ4n) is 5.56. The number of fused-ring (bicyclic) bond motifs is 7. The zero-order valence-corrected chi connectivity index (χ0v) is 19.6. The summed E-state index contributed by atoms with van der Waals surface area (Å²) in [5.41, 5.74) is -0.355. The molecular weight excluding hydrogens is 463 g/mol. The summed E-state index contributed by atoms with van der Waals surface area (Å²) in [7, 11) is -3.88. The Balaban J connectivity index is 1.51. The van der Waals surface area contributed by atoms with Gasteiger partial charge in [-0.25, -0.2) is 0 Å². The Labute approximate surface area is 202 Å². The van der Waals surface area contributed by atoms with Gasteiger partial charge in [0.2, 0.25) is 0 Å². The molecule has 4 aromatic rings. The summed E-state index contributed by atoms with van der Waals surface area (Å²) >= 11 is 0. The summed E-state index contributed by atoms with van der Waals surface area (Å²) in [4.78, 5) is 16.0. The normalized spacial score (nSPS) is 28.5. The third kappa shape index (κ3) is 2.81. The molecule has 2 bridgehead atoms. The van der Waals surface area contributed by atoms with Gasteiger partial charge in [-0.15, -0.1) is 0 Å². The first-order valence-electron chi connectivity index (χ1n) is 11.6. The second-order valence-corrected chi connectivity index (χ2v) is 12.8. The maximum atomic E-state index is 11.9. The van der Waals surface area contributed by atoms with E-state index in [1.807, 2.05) is 54.6 Å². The summed E-state index contributed by atoms with van der Waals surface area (Å²) in [5.74, 6) is 0. The third-order valence-electron chi connectivity index (χ3n) is 7.06. The van der Waals surface area contributed by atoms with Gasteiger partial charge >= 0.3 is 202 Å². The van der Waals surface area contributed by atoms with Crippen LogP contribution in [0.4, 0.5) is 0 Å². The molecule has 2 saturated heterocycles. The molecule has 4 heterocycles. The third-order valence-corrected chi connectivity index (χ3v) is 12.1. The molecule has 2 fully saturated rings. The molecule has 3 aromatic carbocycles. The van der Waals surface area contributed by atoms with Crippen molar-refractivity contribution < 1.29 is 18.5 Å². The van der Waals surface area contributed by atoms with Gasteiger partial charge in [0.15, 0.2) is 0 Å². The van der Waals surface area contributed by atoms with Crippen LogP contribution in [0.2, 0.25) is 0 Å². The van der Waals surface area contributed by atoms with Gasteiger partial charge in [-0.2, -0.15) is 0 Å². The van der Waals surface area contributed by atoms with E-state index in [0.29, 0.717) is 0 Å². The second-order valence-electron chi connectivity index (χ2n) is 8.94. The maximum absolute atomic E-state index is 11.9. The Morgan fingerprint density at radius 1 is 0.743 bits per heavy atom. The van der Waals surface area contributed by atoms with Crippen molar-refractivity contribution in [1.29, 1.82) is 0 Å². The van der Waals surface area contributed by atoms with Gasteiger partial charge < -0.3 is 0 Å². The molecule has 35 heavy (non-hydrogen) atoms. The van der Waals surface area contributed by atoms with Crippen LogP contribution in [0.5, 0.6) is 6.01 Å². The van der Waals surface area contributed by atoms with Gasteiger partial charge in [0.25, 0.3) is 0 Å². The summed E-state index contributed by atoms with van der Waals surface area (Å²) in [6.45, 7) is 0.211. The SMILES string of the molecule is O=c1ccn2c(n1)OC[C@H]1O[C@@H]2[C@@H]2OP(c3ccccc3)(c3ccccc3)(c3ccccc3)O[C@@H]21. The fraction of sp³-hybridized carbons (Fsp3) is 0.185. The molecule has 1 aromatic heterocycles. The number of nitrogens with zero attached hydrogens (tertiary/aromatic N) is 2. The standard InChI is InChI=1S/C27H23N2O5P/c30-23-16-17-29-26-25-24(22(32-26)18-31-27(29)28-23)33-35(34-25,19-10-4-1-5-11-19,20-12-6-2-7-13-20)21-14-8-3-9-15-21/h1-17,22,24-26H,18H2/t22-,24-,25-,26-/m1/s1. The van der Waals surface area contributed by atoms with Crippen molar-refractivity contribution in [2.45, 2.75) is 24.5 Å². The topological polar surface area (TPSA) is 71.8 Å². The predicted octanol–water partition coefficient (Wildman–Crippen LogP) is 2.68. The molecule has 4 atom stereocenters. The molecule has 0 unspecified atom stereocenters. The minimum absolute atomic E-state index is 0.211. The molecule has 8 heteroatoms. The second kappa shape index (κ2) is 7.57. The summed E-state index contributed by atoms with van der Waals surface area (Å²) in [6, 6.07) is 32.3. The Bertz CT molecular complexity index is 1350. The number of hydrogen-bond donors (Lipinski definition) is 0. The van der Waals surface area contributed by atoms with Crippen LogP contribution in [0, 0.1) is 0 Å². The number of benzene rings is 3. The Morgan fingerprint density at radius 2 is 1.29 bits per heavy atom. The van der Waals surface area contributed by atoms with Gasteiger partial charge in [0, 0.05) is 0 Å². The van der Waals surface area contributed by atoms with Crippen LogP contribution in [-0.2, 0) is 13.8 Å². The average Bonchev–Trinajstić information content (AvgIpc) is 3.37. The number of ether oxygens (including phenoxy) is 2. The minimum atomic E-state index is -3.88. The number of hydrogen-bond acceptors (Lipinski definition) is 6. The van der Waals surface area contributed by atoms with Crippen LogP contribution in [0.1, 0.15) is 6.23 Å². The van der Waals surface area contributed by atoms with Crippen LogP contribution in [0.15, 0.2) is 108 Å². The van der Waals surface area contributed by atoms with Gasteiger partial charge in [-0.05, 0) is 0 Å². The predicted molar refractivity (Wildman–Crippen MR) is 133 cm³/mol. The zero-order valence-electron chi connectivity index (χ0n) is 18.7. The van der Waals surface area contributed by atoms with Crippen LogP contribution in [-0.4, -0.2) is 34.5 Å². The molecule has 0 saturated carbocycles. The molecule has 0 radical (unpaired) electrons. The molecule has 7 rings (SSSR count). The first-order chi connectivity index (χ1) is 17.2. The molecule has 0 aliphatic carbocycles. The Kier molecular flexibility index (Phi) is 4.54. The van der Waals surface area contributed by atoms with Gasteiger partial charge in [0.1, 0.15) is 0 Å². The quantitative estimate of drug-likeness (QED) is 0.415. The summed E-state index contributed by atoms with van der Waals surface area (Å²) in [6.07, 6.45) is -0.0987. The molecule has 0 spiro atoms. The van der Waals surface area contributed by atoms with Gasteiger partial charge in [0.05, 0.1) is 0 Å². The van der Waals surface area contributed by atoms with Crippen molar-refractivity contribution in [3.8, 4) is 6.01 Å². The summed E-state index contributed by atoms with van der Waals surface area (Å²) < 4.78 is 28.7. The van der Waals surface area contributed by atoms with Crippen LogP contribution in [0.3, 0.4) is 0 Å². The van der Waals surface area contributed by atoms with Crippen molar-refractivity contribution >= 4 is 23.0 Å². The van der Waals surface area contributed by atoms with Crippen molar-refractivity contribution in [2.75, 3.05) is 6.61 Å². The Hall–Kier alpha value is -3.35. The monoisotopic (exact) mass is 486 g/mol. The van der Waals surface area contributed by atoms with E-state index < -0.39 is 19.4 Å².